The molecule has 1 amide bonds. The van der Waals surface area contributed by atoms with Gasteiger partial charge in [-0.3, -0.25) is 4.79 Å². The van der Waals surface area contributed by atoms with E-state index in [9.17, 15) is 9.18 Å². The number of nitrogens with two attached hydrogens (primary N) is 1. The van der Waals surface area contributed by atoms with Crippen LogP contribution in [0.5, 0.6) is 0 Å². The van der Waals surface area contributed by atoms with E-state index in [0.717, 1.165) is 14.2 Å². The maximum Gasteiger partial charge on any atom is 0.245 e. The van der Waals surface area contributed by atoms with Gasteiger partial charge in [-0.15, -0.1) is 11.3 Å². The van der Waals surface area contributed by atoms with Crippen LogP contribution in [0.3, 0.4) is 0 Å². The van der Waals surface area contributed by atoms with Crippen molar-refractivity contribution in [3.63, 3.8) is 0 Å². The van der Waals surface area contributed by atoms with Gasteiger partial charge in [0.15, 0.2) is 0 Å². The fourth-order valence-electron chi connectivity index (χ4n) is 1.65. The summed E-state index contributed by atoms with van der Waals surface area (Å²) >= 11 is 4.87. The van der Waals surface area contributed by atoms with Gasteiger partial charge in [-0.25, -0.2) is 4.39 Å². The van der Waals surface area contributed by atoms with Crippen LogP contribution in [-0.2, 0) is 4.79 Å². The molecule has 0 aliphatic rings. The summed E-state index contributed by atoms with van der Waals surface area (Å²) in [5.41, 5.74) is 5.93. The van der Waals surface area contributed by atoms with Crippen molar-refractivity contribution in [1.82, 2.24) is 0 Å². The number of nitrogens with one attached hydrogen (secondary N) is 1. The topological polar surface area (TPSA) is 55.1 Å². The molecule has 0 radical (unpaired) electrons. The van der Waals surface area contributed by atoms with E-state index in [1.54, 1.807) is 12.1 Å². The predicted molar refractivity (Wildman–Crippen MR) is 78.7 cm³/mol. The smallest absolute Gasteiger partial charge is 0.245 e. The van der Waals surface area contributed by atoms with Crippen LogP contribution >= 0.6 is 27.3 Å². The average molecular weight is 343 g/mol. The van der Waals surface area contributed by atoms with Crippen LogP contribution in [0.4, 0.5) is 10.1 Å². The predicted octanol–water partition coefficient (Wildman–Crippen LogP) is 3.60. The number of carbonyl (C=O) groups is 1. The second-order valence-corrected chi connectivity index (χ2v) is 6.19. The first-order chi connectivity index (χ1) is 8.97. The minimum absolute atomic E-state index is 0.364. The summed E-state index contributed by atoms with van der Waals surface area (Å²) in [6.07, 6.45) is 0. The summed E-state index contributed by atoms with van der Waals surface area (Å²) < 4.78 is 14.1. The standard InChI is InChI=1S/C13H12BrFN2OS/c1-7-10(14)6-11(19-7)12(13(16)18)17-9-4-2-3-8(15)5-9/h2-6,12,17H,1H3,(H2,16,18). The number of aryl methyl sites for hydroxylation is 1. The van der Waals surface area contributed by atoms with E-state index < -0.39 is 11.9 Å². The van der Waals surface area contributed by atoms with Crippen LogP contribution in [0.15, 0.2) is 34.8 Å². The first kappa shape index (κ1) is 14.0. The van der Waals surface area contributed by atoms with E-state index in [1.165, 1.54) is 23.5 Å². The third kappa shape index (κ3) is 3.33. The summed E-state index contributed by atoms with van der Waals surface area (Å²) in [6, 6.07) is 7.11. The SMILES string of the molecule is Cc1sc(C(Nc2cccc(F)c2)C(N)=O)cc1Br. The van der Waals surface area contributed by atoms with Crippen LogP contribution in [0, 0.1) is 12.7 Å². The van der Waals surface area contributed by atoms with E-state index in [4.69, 9.17) is 5.73 Å². The Labute approximate surface area is 122 Å². The summed E-state index contributed by atoms with van der Waals surface area (Å²) in [7, 11) is 0. The van der Waals surface area contributed by atoms with Crippen LogP contribution < -0.4 is 11.1 Å². The quantitative estimate of drug-likeness (QED) is 0.891. The molecule has 0 aliphatic heterocycles. The Morgan fingerprint density at radius 1 is 1.47 bits per heavy atom. The van der Waals surface area contributed by atoms with Crippen molar-refractivity contribution in [3.8, 4) is 0 Å². The number of halogens is 2. The number of rotatable bonds is 4. The maximum absolute atomic E-state index is 13.1. The van der Waals surface area contributed by atoms with Crippen molar-refractivity contribution in [2.75, 3.05) is 5.32 Å². The first-order valence-corrected chi connectivity index (χ1v) is 7.15. The molecule has 1 aromatic carbocycles. The summed E-state index contributed by atoms with van der Waals surface area (Å²) in [5.74, 6) is -0.866. The van der Waals surface area contributed by atoms with Crippen molar-refractivity contribution in [2.45, 2.75) is 13.0 Å². The molecule has 1 unspecified atom stereocenters. The van der Waals surface area contributed by atoms with E-state index in [2.05, 4.69) is 21.2 Å². The highest BCUT2D eigenvalue weighted by Crippen LogP contribution is 2.32. The number of carbonyl (C=O) groups excluding carboxylic acids is 1. The first-order valence-electron chi connectivity index (χ1n) is 5.54. The average Bonchev–Trinajstić information content (AvgIpc) is 2.66. The zero-order chi connectivity index (χ0) is 14.0. The van der Waals surface area contributed by atoms with Crippen LogP contribution in [-0.4, -0.2) is 5.91 Å². The van der Waals surface area contributed by atoms with Crippen molar-refractivity contribution in [3.05, 3.63) is 50.4 Å². The fourth-order valence-corrected chi connectivity index (χ4v) is 3.27. The molecule has 1 aromatic heterocycles. The van der Waals surface area contributed by atoms with Crippen LogP contribution in [0.1, 0.15) is 15.8 Å². The largest absolute Gasteiger partial charge is 0.369 e. The molecule has 2 rings (SSSR count). The number of anilines is 1. The molecule has 0 spiro atoms. The number of hydrogen-bond donors (Lipinski definition) is 2. The Hall–Kier alpha value is -1.40. The lowest BCUT2D eigenvalue weighted by Gasteiger charge is -2.15. The van der Waals surface area contributed by atoms with Gasteiger partial charge in [-0.2, -0.15) is 0 Å². The van der Waals surface area contributed by atoms with Gasteiger partial charge in [0.25, 0.3) is 0 Å². The number of primary amides is 1. The second kappa shape index (κ2) is 5.71. The summed E-state index contributed by atoms with van der Waals surface area (Å²) in [6.45, 7) is 1.94. The molecular formula is C13H12BrFN2OS. The minimum atomic E-state index is -0.670. The number of hydrogen-bond acceptors (Lipinski definition) is 3. The number of thiophene rings is 1. The molecular weight excluding hydrogens is 331 g/mol. The molecule has 0 fully saturated rings. The van der Waals surface area contributed by atoms with Crippen molar-refractivity contribution < 1.29 is 9.18 Å². The van der Waals surface area contributed by atoms with Gasteiger partial charge >= 0.3 is 0 Å². The minimum Gasteiger partial charge on any atom is -0.369 e. The lowest BCUT2D eigenvalue weighted by molar-refractivity contribution is -0.118. The molecule has 0 aliphatic carbocycles. The Bertz CT molecular complexity index is 595. The highest BCUT2D eigenvalue weighted by Gasteiger charge is 2.20. The number of amides is 1. The van der Waals surface area contributed by atoms with Crippen molar-refractivity contribution in [1.29, 1.82) is 0 Å². The Kier molecular flexibility index (Phi) is 4.21. The maximum atomic E-state index is 13.1. The molecule has 3 nitrogen and oxygen atoms in total. The van der Waals surface area contributed by atoms with Crippen LogP contribution in [0.2, 0.25) is 0 Å². The van der Waals surface area contributed by atoms with Gasteiger partial charge in [0.2, 0.25) is 5.91 Å². The van der Waals surface area contributed by atoms with Gasteiger partial charge in [-0.1, -0.05) is 6.07 Å². The van der Waals surface area contributed by atoms with E-state index >= 15 is 0 Å². The van der Waals surface area contributed by atoms with Crippen molar-refractivity contribution >= 4 is 38.9 Å². The van der Waals surface area contributed by atoms with Gasteiger partial charge in [0.05, 0.1) is 0 Å². The molecule has 6 heteroatoms. The van der Waals surface area contributed by atoms with E-state index in [0.29, 0.717) is 5.69 Å². The molecule has 3 N–H and O–H groups in total. The fraction of sp³-hybridized carbons (Fsp3) is 0.154. The Morgan fingerprint density at radius 2 is 2.21 bits per heavy atom. The molecule has 0 saturated heterocycles. The zero-order valence-electron chi connectivity index (χ0n) is 10.1. The summed E-state index contributed by atoms with van der Waals surface area (Å²) in [4.78, 5) is 13.4. The molecule has 1 heterocycles. The second-order valence-electron chi connectivity index (χ2n) is 4.04. The van der Waals surface area contributed by atoms with E-state index in [-0.39, 0.29) is 5.82 Å². The monoisotopic (exact) mass is 342 g/mol. The highest BCUT2D eigenvalue weighted by molar-refractivity contribution is 9.10. The van der Waals surface area contributed by atoms with Crippen LogP contribution in [0.25, 0.3) is 0 Å². The van der Waals surface area contributed by atoms with Crippen molar-refractivity contribution in [2.24, 2.45) is 5.73 Å². The lowest BCUT2D eigenvalue weighted by atomic mass is 10.2. The van der Waals surface area contributed by atoms with Gasteiger partial charge < -0.3 is 11.1 Å². The lowest BCUT2D eigenvalue weighted by Crippen LogP contribution is -2.27. The third-order valence-corrected chi connectivity index (χ3v) is 4.78. The van der Waals surface area contributed by atoms with E-state index in [1.807, 2.05) is 13.0 Å². The Morgan fingerprint density at radius 3 is 2.74 bits per heavy atom. The molecule has 19 heavy (non-hydrogen) atoms. The molecule has 2 aromatic rings. The summed E-state index contributed by atoms with van der Waals surface area (Å²) in [5, 5.41) is 2.95. The van der Waals surface area contributed by atoms with Gasteiger partial charge in [-0.05, 0) is 47.1 Å². The highest BCUT2D eigenvalue weighted by atomic mass is 79.9. The Balaban J connectivity index is 2.29. The zero-order valence-corrected chi connectivity index (χ0v) is 12.5. The number of benzene rings is 1. The molecule has 1 atom stereocenters. The van der Waals surface area contributed by atoms with Gasteiger partial charge in [0, 0.05) is 19.9 Å². The van der Waals surface area contributed by atoms with Gasteiger partial charge in [0.1, 0.15) is 11.9 Å². The molecule has 0 saturated carbocycles. The molecule has 100 valence electrons. The third-order valence-electron chi connectivity index (χ3n) is 2.58. The molecule has 0 bridgehead atoms. The normalized spacial score (nSPS) is 12.2.